The molecule has 4 heteroatoms. The number of benzene rings is 1. The smallest absolute Gasteiger partial charge is 0.342 e. The van der Waals surface area contributed by atoms with E-state index in [0.717, 1.165) is 5.56 Å². The molecule has 1 aliphatic rings. The van der Waals surface area contributed by atoms with Gasteiger partial charge in [-0.25, -0.2) is 4.79 Å². The number of anilines is 1. The van der Waals surface area contributed by atoms with Crippen LogP contribution >= 0.6 is 0 Å². The van der Waals surface area contributed by atoms with Crippen LogP contribution in [0.2, 0.25) is 0 Å². The van der Waals surface area contributed by atoms with Crippen LogP contribution in [-0.2, 0) is 9.47 Å². The number of hydrogen-bond donors (Lipinski definition) is 1. The molecule has 0 atom stereocenters. The summed E-state index contributed by atoms with van der Waals surface area (Å²) in [7, 11) is 0. The van der Waals surface area contributed by atoms with Crippen LogP contribution < -0.4 is 5.73 Å². The summed E-state index contributed by atoms with van der Waals surface area (Å²) in [6.45, 7) is 2.58. The normalized spacial score (nSPS) is 14.6. The van der Waals surface area contributed by atoms with Crippen LogP contribution in [-0.4, -0.2) is 19.4 Å². The Balaban J connectivity index is 1.82. The molecule has 0 bridgehead atoms. The van der Waals surface area contributed by atoms with Crippen molar-refractivity contribution in [2.24, 2.45) is 5.92 Å². The molecule has 0 heterocycles. The summed E-state index contributed by atoms with van der Waals surface area (Å²) in [6.07, 6.45) is 2.44. The molecule has 0 saturated heterocycles. The molecular formula is C13H17NO3. The highest BCUT2D eigenvalue weighted by atomic mass is 16.7. The predicted molar refractivity (Wildman–Crippen MR) is 64.5 cm³/mol. The minimum absolute atomic E-state index is 0.00269. The van der Waals surface area contributed by atoms with Gasteiger partial charge in [-0.2, -0.15) is 0 Å². The van der Waals surface area contributed by atoms with Crippen LogP contribution in [0, 0.1) is 12.8 Å². The molecule has 1 fully saturated rings. The van der Waals surface area contributed by atoms with Crippen LogP contribution in [0.15, 0.2) is 18.2 Å². The maximum absolute atomic E-state index is 11.7. The summed E-state index contributed by atoms with van der Waals surface area (Å²) in [5, 5.41) is 0. The fourth-order valence-corrected chi connectivity index (χ4v) is 1.52. The predicted octanol–water partition coefficient (Wildman–Crippen LogP) is 2.12. The first-order valence-corrected chi connectivity index (χ1v) is 5.78. The van der Waals surface area contributed by atoms with Crippen LogP contribution in [0.1, 0.15) is 28.8 Å². The van der Waals surface area contributed by atoms with Gasteiger partial charge in [0.15, 0.2) is 6.79 Å². The lowest BCUT2D eigenvalue weighted by Gasteiger charge is -2.08. The van der Waals surface area contributed by atoms with E-state index in [1.165, 1.54) is 12.8 Å². The molecule has 0 amide bonds. The van der Waals surface area contributed by atoms with Gasteiger partial charge in [0, 0.05) is 5.69 Å². The third kappa shape index (κ3) is 3.46. The Kier molecular flexibility index (Phi) is 3.64. The number of nitrogens with two attached hydrogens (primary N) is 1. The standard InChI is InChI=1S/C13H17NO3/c1-9-2-5-12(14)11(6-9)13(15)17-8-16-7-10-3-4-10/h2,5-6,10H,3-4,7-8,14H2,1H3. The number of carbonyl (C=O) groups is 1. The van der Waals surface area contributed by atoms with Gasteiger partial charge in [-0.05, 0) is 37.8 Å². The van der Waals surface area contributed by atoms with Gasteiger partial charge in [0.25, 0.3) is 0 Å². The number of esters is 1. The van der Waals surface area contributed by atoms with Crippen molar-refractivity contribution in [3.05, 3.63) is 29.3 Å². The van der Waals surface area contributed by atoms with Crippen molar-refractivity contribution in [1.29, 1.82) is 0 Å². The van der Waals surface area contributed by atoms with E-state index in [0.29, 0.717) is 23.8 Å². The number of rotatable bonds is 5. The van der Waals surface area contributed by atoms with E-state index in [-0.39, 0.29) is 6.79 Å². The van der Waals surface area contributed by atoms with Crippen molar-refractivity contribution in [3.63, 3.8) is 0 Å². The number of carbonyl (C=O) groups excluding carboxylic acids is 1. The number of nitrogen functional groups attached to an aromatic ring is 1. The average Bonchev–Trinajstić information content (AvgIpc) is 3.11. The topological polar surface area (TPSA) is 61.6 Å². The zero-order chi connectivity index (χ0) is 12.3. The Morgan fingerprint density at radius 1 is 1.47 bits per heavy atom. The molecule has 2 rings (SSSR count). The summed E-state index contributed by atoms with van der Waals surface area (Å²) in [6, 6.07) is 5.28. The molecule has 2 N–H and O–H groups in total. The lowest BCUT2D eigenvalue weighted by atomic mass is 10.1. The van der Waals surface area contributed by atoms with E-state index in [2.05, 4.69) is 0 Å². The minimum atomic E-state index is -0.429. The lowest BCUT2D eigenvalue weighted by Crippen LogP contribution is -2.12. The van der Waals surface area contributed by atoms with Crippen molar-refractivity contribution in [2.45, 2.75) is 19.8 Å². The molecular weight excluding hydrogens is 218 g/mol. The van der Waals surface area contributed by atoms with Crippen LogP contribution in [0.5, 0.6) is 0 Å². The van der Waals surface area contributed by atoms with Crippen LogP contribution in [0.25, 0.3) is 0 Å². The molecule has 0 aromatic heterocycles. The largest absolute Gasteiger partial charge is 0.435 e. The molecule has 0 spiro atoms. The summed E-state index contributed by atoms with van der Waals surface area (Å²) < 4.78 is 10.2. The molecule has 0 radical (unpaired) electrons. The Morgan fingerprint density at radius 2 is 2.24 bits per heavy atom. The Morgan fingerprint density at radius 3 is 2.94 bits per heavy atom. The quantitative estimate of drug-likeness (QED) is 0.367. The third-order valence-corrected chi connectivity index (χ3v) is 2.75. The number of ether oxygens (including phenoxy) is 2. The summed E-state index contributed by atoms with van der Waals surface area (Å²) in [5.41, 5.74) is 7.52. The van der Waals surface area contributed by atoms with Crippen molar-refractivity contribution in [1.82, 2.24) is 0 Å². The lowest BCUT2D eigenvalue weighted by molar-refractivity contribution is -0.0344. The van der Waals surface area contributed by atoms with Gasteiger partial charge in [-0.1, -0.05) is 11.6 Å². The molecule has 0 unspecified atom stereocenters. The van der Waals surface area contributed by atoms with Crippen molar-refractivity contribution >= 4 is 11.7 Å². The first-order valence-electron chi connectivity index (χ1n) is 5.78. The molecule has 1 aromatic rings. The molecule has 1 aliphatic carbocycles. The Bertz CT molecular complexity index is 413. The van der Waals surface area contributed by atoms with E-state index in [4.69, 9.17) is 15.2 Å². The number of hydrogen-bond acceptors (Lipinski definition) is 4. The van der Waals surface area contributed by atoms with E-state index in [9.17, 15) is 4.79 Å². The SMILES string of the molecule is Cc1ccc(N)c(C(=O)OCOCC2CC2)c1. The Hall–Kier alpha value is -1.55. The van der Waals surface area contributed by atoms with E-state index < -0.39 is 5.97 Å². The van der Waals surface area contributed by atoms with Crippen LogP contribution in [0.3, 0.4) is 0 Å². The van der Waals surface area contributed by atoms with Gasteiger partial charge in [0.05, 0.1) is 12.2 Å². The highest BCUT2D eigenvalue weighted by Crippen LogP contribution is 2.28. The van der Waals surface area contributed by atoms with Crippen LogP contribution in [0.4, 0.5) is 5.69 Å². The minimum Gasteiger partial charge on any atom is -0.435 e. The van der Waals surface area contributed by atoms with Crippen molar-refractivity contribution in [3.8, 4) is 0 Å². The highest BCUT2D eigenvalue weighted by Gasteiger charge is 2.21. The molecule has 0 aliphatic heterocycles. The van der Waals surface area contributed by atoms with E-state index in [1.807, 2.05) is 13.0 Å². The monoisotopic (exact) mass is 235 g/mol. The third-order valence-electron chi connectivity index (χ3n) is 2.75. The second-order valence-corrected chi connectivity index (χ2v) is 4.45. The average molecular weight is 235 g/mol. The molecule has 1 saturated carbocycles. The summed E-state index contributed by atoms with van der Waals surface area (Å²) in [4.78, 5) is 11.7. The maximum Gasteiger partial charge on any atom is 0.342 e. The summed E-state index contributed by atoms with van der Waals surface area (Å²) in [5.74, 6) is 0.236. The van der Waals surface area contributed by atoms with Gasteiger partial charge in [-0.3, -0.25) is 0 Å². The first kappa shape index (κ1) is 11.9. The molecule has 4 nitrogen and oxygen atoms in total. The second-order valence-electron chi connectivity index (χ2n) is 4.45. The van der Waals surface area contributed by atoms with Crippen molar-refractivity contribution in [2.75, 3.05) is 19.1 Å². The zero-order valence-electron chi connectivity index (χ0n) is 9.94. The van der Waals surface area contributed by atoms with E-state index in [1.54, 1.807) is 12.1 Å². The molecule has 92 valence electrons. The molecule has 1 aromatic carbocycles. The highest BCUT2D eigenvalue weighted by molar-refractivity contribution is 5.95. The zero-order valence-corrected chi connectivity index (χ0v) is 9.94. The van der Waals surface area contributed by atoms with Gasteiger partial charge in [-0.15, -0.1) is 0 Å². The van der Waals surface area contributed by atoms with Gasteiger partial charge < -0.3 is 15.2 Å². The Labute approximate surface area is 101 Å². The van der Waals surface area contributed by atoms with Crippen molar-refractivity contribution < 1.29 is 14.3 Å². The first-order chi connectivity index (χ1) is 8.16. The number of aryl methyl sites for hydroxylation is 1. The van der Waals surface area contributed by atoms with Gasteiger partial charge >= 0.3 is 5.97 Å². The second kappa shape index (κ2) is 5.19. The van der Waals surface area contributed by atoms with Gasteiger partial charge in [0.2, 0.25) is 0 Å². The fourth-order valence-electron chi connectivity index (χ4n) is 1.52. The van der Waals surface area contributed by atoms with Gasteiger partial charge in [0.1, 0.15) is 0 Å². The summed E-state index contributed by atoms with van der Waals surface area (Å²) >= 11 is 0. The maximum atomic E-state index is 11.7. The van der Waals surface area contributed by atoms with E-state index >= 15 is 0 Å². The fraction of sp³-hybridized carbons (Fsp3) is 0.462. The molecule has 17 heavy (non-hydrogen) atoms.